The Morgan fingerprint density at radius 3 is 2.70 bits per heavy atom. The maximum absolute atomic E-state index is 12.7. The molecule has 1 aromatic carbocycles. The molecule has 1 aliphatic heterocycles. The molecule has 1 atom stereocenters. The summed E-state index contributed by atoms with van der Waals surface area (Å²) in [6.45, 7) is 2.48. The molecular weight excluding hydrogens is 334 g/mol. The SMILES string of the molecule is CCCN1C(=O)[C@](O)(CC(=O)c2ccc(Cl)s2)c2ccccc21. The van der Waals surface area contributed by atoms with E-state index in [1.54, 1.807) is 35.2 Å². The van der Waals surface area contributed by atoms with Gasteiger partial charge in [0.2, 0.25) is 0 Å². The molecule has 2 heterocycles. The molecule has 0 radical (unpaired) electrons. The number of Topliss-reactive ketones (excluding diaryl/α,β-unsaturated/α-hetero) is 1. The summed E-state index contributed by atoms with van der Waals surface area (Å²) in [6, 6.07) is 10.3. The van der Waals surface area contributed by atoms with Crippen LogP contribution in [0.4, 0.5) is 5.69 Å². The minimum Gasteiger partial charge on any atom is -0.375 e. The molecular formula is C17H16ClNO3S. The van der Waals surface area contributed by atoms with Crippen LogP contribution in [0.25, 0.3) is 0 Å². The molecule has 0 saturated carbocycles. The highest BCUT2D eigenvalue weighted by Gasteiger charge is 2.50. The van der Waals surface area contributed by atoms with E-state index >= 15 is 0 Å². The monoisotopic (exact) mass is 349 g/mol. The molecule has 120 valence electrons. The van der Waals surface area contributed by atoms with Crippen molar-refractivity contribution in [3.63, 3.8) is 0 Å². The predicted octanol–water partition coefficient (Wildman–Crippen LogP) is 3.62. The number of thiophene rings is 1. The topological polar surface area (TPSA) is 57.6 Å². The van der Waals surface area contributed by atoms with Crippen molar-refractivity contribution in [1.29, 1.82) is 0 Å². The Hall–Kier alpha value is -1.69. The number of hydrogen-bond donors (Lipinski definition) is 1. The number of carbonyl (C=O) groups excluding carboxylic acids is 2. The predicted molar refractivity (Wildman–Crippen MR) is 91.3 cm³/mol. The number of amides is 1. The number of para-hydroxylation sites is 1. The van der Waals surface area contributed by atoms with Gasteiger partial charge in [-0.15, -0.1) is 11.3 Å². The number of nitrogens with zero attached hydrogens (tertiary/aromatic N) is 1. The average molecular weight is 350 g/mol. The number of carbonyl (C=O) groups is 2. The second kappa shape index (κ2) is 6.07. The van der Waals surface area contributed by atoms with Crippen LogP contribution in [-0.4, -0.2) is 23.3 Å². The van der Waals surface area contributed by atoms with E-state index in [1.165, 1.54) is 0 Å². The number of aliphatic hydroxyl groups is 1. The highest BCUT2D eigenvalue weighted by Crippen LogP contribution is 2.43. The Morgan fingerprint density at radius 1 is 1.30 bits per heavy atom. The molecule has 23 heavy (non-hydrogen) atoms. The van der Waals surface area contributed by atoms with E-state index in [2.05, 4.69) is 0 Å². The molecule has 6 heteroatoms. The molecule has 4 nitrogen and oxygen atoms in total. The first kappa shape index (κ1) is 16.2. The van der Waals surface area contributed by atoms with Gasteiger partial charge in [-0.05, 0) is 24.6 Å². The van der Waals surface area contributed by atoms with Crippen molar-refractivity contribution in [2.75, 3.05) is 11.4 Å². The van der Waals surface area contributed by atoms with E-state index in [0.717, 1.165) is 17.8 Å². The van der Waals surface area contributed by atoms with Gasteiger partial charge in [0.15, 0.2) is 11.4 Å². The van der Waals surface area contributed by atoms with Gasteiger partial charge < -0.3 is 10.0 Å². The van der Waals surface area contributed by atoms with Gasteiger partial charge in [0.1, 0.15) is 0 Å². The zero-order valence-electron chi connectivity index (χ0n) is 12.6. The first-order valence-corrected chi connectivity index (χ1v) is 8.59. The van der Waals surface area contributed by atoms with Crippen molar-refractivity contribution < 1.29 is 14.7 Å². The van der Waals surface area contributed by atoms with Crippen LogP contribution in [0.2, 0.25) is 4.34 Å². The Balaban J connectivity index is 1.97. The molecule has 0 saturated heterocycles. The summed E-state index contributed by atoms with van der Waals surface area (Å²) in [5, 5.41) is 11.0. The average Bonchev–Trinajstić information content (AvgIpc) is 3.05. The fraction of sp³-hybridized carbons (Fsp3) is 0.294. The molecule has 0 fully saturated rings. The lowest BCUT2D eigenvalue weighted by atomic mass is 9.89. The zero-order valence-corrected chi connectivity index (χ0v) is 14.2. The molecule has 1 aromatic heterocycles. The van der Waals surface area contributed by atoms with Gasteiger partial charge in [-0.2, -0.15) is 0 Å². The first-order valence-electron chi connectivity index (χ1n) is 7.39. The van der Waals surface area contributed by atoms with Crippen LogP contribution in [0, 0.1) is 0 Å². The summed E-state index contributed by atoms with van der Waals surface area (Å²) in [4.78, 5) is 27.2. The molecule has 3 rings (SSSR count). The summed E-state index contributed by atoms with van der Waals surface area (Å²) < 4.78 is 0.506. The first-order chi connectivity index (χ1) is 11.0. The summed E-state index contributed by atoms with van der Waals surface area (Å²) in [6.07, 6.45) is 0.491. The molecule has 1 N–H and O–H groups in total. The van der Waals surface area contributed by atoms with E-state index in [9.17, 15) is 14.7 Å². The second-order valence-electron chi connectivity index (χ2n) is 5.54. The number of hydrogen-bond acceptors (Lipinski definition) is 4. The van der Waals surface area contributed by atoms with Gasteiger partial charge in [-0.25, -0.2) is 0 Å². The van der Waals surface area contributed by atoms with Crippen molar-refractivity contribution in [3.05, 3.63) is 51.2 Å². The highest BCUT2D eigenvalue weighted by atomic mass is 35.5. The zero-order chi connectivity index (χ0) is 16.6. The number of anilines is 1. The second-order valence-corrected chi connectivity index (χ2v) is 7.25. The van der Waals surface area contributed by atoms with Crippen LogP contribution in [-0.2, 0) is 10.4 Å². The Kier molecular flexibility index (Phi) is 4.27. The maximum atomic E-state index is 12.7. The minimum absolute atomic E-state index is 0.278. The van der Waals surface area contributed by atoms with Gasteiger partial charge in [0.25, 0.3) is 5.91 Å². The summed E-state index contributed by atoms with van der Waals surface area (Å²) in [5.74, 6) is -0.720. The van der Waals surface area contributed by atoms with Crippen molar-refractivity contribution in [1.82, 2.24) is 0 Å². The fourth-order valence-corrected chi connectivity index (χ4v) is 3.89. The Labute approximate surface area is 143 Å². The van der Waals surface area contributed by atoms with Crippen LogP contribution < -0.4 is 4.90 Å². The smallest absolute Gasteiger partial charge is 0.264 e. The lowest BCUT2D eigenvalue weighted by molar-refractivity contribution is -0.135. The van der Waals surface area contributed by atoms with E-state index in [-0.39, 0.29) is 12.2 Å². The summed E-state index contributed by atoms with van der Waals surface area (Å²) in [5.41, 5.74) is -0.632. The van der Waals surface area contributed by atoms with E-state index < -0.39 is 11.5 Å². The lowest BCUT2D eigenvalue weighted by Crippen LogP contribution is -2.42. The van der Waals surface area contributed by atoms with Crippen molar-refractivity contribution in [2.45, 2.75) is 25.4 Å². The van der Waals surface area contributed by atoms with E-state index in [1.807, 2.05) is 13.0 Å². The van der Waals surface area contributed by atoms with E-state index in [4.69, 9.17) is 11.6 Å². The van der Waals surface area contributed by atoms with Crippen LogP contribution in [0.5, 0.6) is 0 Å². The summed E-state index contributed by atoms with van der Waals surface area (Å²) >= 11 is 7.01. The number of fused-ring (bicyclic) bond motifs is 1. The number of ketones is 1. The third-order valence-corrected chi connectivity index (χ3v) is 5.22. The fourth-order valence-electron chi connectivity index (χ4n) is 2.91. The molecule has 0 aliphatic carbocycles. The molecule has 1 aliphatic rings. The lowest BCUT2D eigenvalue weighted by Gasteiger charge is -2.22. The van der Waals surface area contributed by atoms with Crippen molar-refractivity contribution in [2.24, 2.45) is 0 Å². The van der Waals surface area contributed by atoms with Crippen LogP contribution in [0.15, 0.2) is 36.4 Å². The van der Waals surface area contributed by atoms with Gasteiger partial charge in [-0.3, -0.25) is 9.59 Å². The van der Waals surface area contributed by atoms with Crippen LogP contribution >= 0.6 is 22.9 Å². The van der Waals surface area contributed by atoms with Gasteiger partial charge in [0, 0.05) is 12.1 Å². The Morgan fingerprint density at radius 2 is 2.04 bits per heavy atom. The van der Waals surface area contributed by atoms with Gasteiger partial charge >= 0.3 is 0 Å². The largest absolute Gasteiger partial charge is 0.375 e. The highest BCUT2D eigenvalue weighted by molar-refractivity contribution is 7.18. The van der Waals surface area contributed by atoms with Gasteiger partial charge in [0.05, 0.1) is 21.3 Å². The number of halogens is 1. The third kappa shape index (κ3) is 2.69. The van der Waals surface area contributed by atoms with Crippen LogP contribution in [0.3, 0.4) is 0 Å². The molecule has 1 amide bonds. The van der Waals surface area contributed by atoms with Crippen molar-refractivity contribution in [3.8, 4) is 0 Å². The molecule has 0 unspecified atom stereocenters. The third-order valence-electron chi connectivity index (χ3n) is 3.95. The quantitative estimate of drug-likeness (QED) is 0.839. The normalized spacial score (nSPS) is 20.0. The van der Waals surface area contributed by atoms with Crippen molar-refractivity contribution >= 4 is 40.3 Å². The minimum atomic E-state index is -1.81. The number of benzene rings is 1. The van der Waals surface area contributed by atoms with Crippen LogP contribution in [0.1, 0.15) is 35.0 Å². The molecule has 0 bridgehead atoms. The maximum Gasteiger partial charge on any atom is 0.264 e. The summed E-state index contributed by atoms with van der Waals surface area (Å²) in [7, 11) is 0. The number of rotatable bonds is 5. The Bertz CT molecular complexity index is 773. The molecule has 0 spiro atoms. The molecule has 2 aromatic rings. The van der Waals surface area contributed by atoms with E-state index in [0.29, 0.717) is 27.0 Å². The van der Waals surface area contributed by atoms with Gasteiger partial charge in [-0.1, -0.05) is 36.7 Å². The standard InChI is InChI=1S/C17H16ClNO3S/c1-2-9-19-12-6-4-3-5-11(12)17(22,16(19)21)10-13(20)14-7-8-15(18)23-14/h3-8,22H,2,9-10H2,1H3/t17-/m0/s1.